The van der Waals surface area contributed by atoms with E-state index in [-0.39, 0.29) is 11.4 Å². The minimum absolute atomic E-state index is 0.109. The SMILES string of the molecule is Cc1cc(NC(=O)c2cc(-c3ccccc3)c(N3CCOCC3)s2)n(C(C)(C)C)n1. The highest BCUT2D eigenvalue weighted by molar-refractivity contribution is 7.18. The fourth-order valence-corrected chi connectivity index (χ4v) is 4.72. The van der Waals surface area contributed by atoms with Crippen LogP contribution >= 0.6 is 11.3 Å². The molecule has 0 aliphatic carbocycles. The maximum absolute atomic E-state index is 13.2. The summed E-state index contributed by atoms with van der Waals surface area (Å²) >= 11 is 1.54. The topological polar surface area (TPSA) is 59.4 Å². The van der Waals surface area contributed by atoms with E-state index in [9.17, 15) is 4.79 Å². The largest absolute Gasteiger partial charge is 0.378 e. The molecule has 6 nitrogen and oxygen atoms in total. The highest BCUT2D eigenvalue weighted by Gasteiger charge is 2.24. The maximum Gasteiger partial charge on any atom is 0.266 e. The molecule has 1 saturated heterocycles. The van der Waals surface area contributed by atoms with Gasteiger partial charge in [-0.1, -0.05) is 30.3 Å². The summed E-state index contributed by atoms with van der Waals surface area (Å²) in [5, 5.41) is 8.75. The van der Waals surface area contributed by atoms with Gasteiger partial charge in [0.25, 0.3) is 5.91 Å². The molecule has 0 radical (unpaired) electrons. The summed E-state index contributed by atoms with van der Waals surface area (Å²) in [5.74, 6) is 0.606. The number of thiophene rings is 1. The second-order valence-electron chi connectivity index (χ2n) is 8.50. The molecule has 0 atom stereocenters. The van der Waals surface area contributed by atoms with Crippen molar-refractivity contribution in [2.45, 2.75) is 33.2 Å². The number of aryl methyl sites for hydroxylation is 1. The van der Waals surface area contributed by atoms with E-state index >= 15 is 0 Å². The molecule has 0 unspecified atom stereocenters. The molecule has 1 fully saturated rings. The van der Waals surface area contributed by atoms with Crippen LogP contribution < -0.4 is 10.2 Å². The molecule has 30 heavy (non-hydrogen) atoms. The lowest BCUT2D eigenvalue weighted by Gasteiger charge is -2.28. The van der Waals surface area contributed by atoms with Crippen LogP contribution in [0.15, 0.2) is 42.5 Å². The predicted molar refractivity (Wildman–Crippen MR) is 123 cm³/mol. The lowest BCUT2D eigenvalue weighted by Crippen LogP contribution is -2.35. The van der Waals surface area contributed by atoms with Gasteiger partial charge in [0.2, 0.25) is 0 Å². The Bertz CT molecular complexity index is 1030. The zero-order valence-electron chi connectivity index (χ0n) is 17.9. The van der Waals surface area contributed by atoms with Crippen molar-refractivity contribution in [3.05, 3.63) is 53.0 Å². The van der Waals surface area contributed by atoms with E-state index in [0.29, 0.717) is 23.9 Å². The van der Waals surface area contributed by atoms with Crippen molar-refractivity contribution >= 4 is 28.1 Å². The van der Waals surface area contributed by atoms with E-state index in [4.69, 9.17) is 4.74 Å². The Kier molecular flexibility index (Phi) is 5.66. The first-order valence-corrected chi connectivity index (χ1v) is 11.0. The Balaban J connectivity index is 1.68. The average Bonchev–Trinajstić information content (AvgIpc) is 3.33. The summed E-state index contributed by atoms with van der Waals surface area (Å²) in [5.41, 5.74) is 2.86. The number of morpholine rings is 1. The lowest BCUT2D eigenvalue weighted by atomic mass is 10.1. The molecule has 3 heterocycles. The molecule has 1 amide bonds. The minimum Gasteiger partial charge on any atom is -0.378 e. The number of ether oxygens (including phenoxy) is 1. The van der Waals surface area contributed by atoms with Crippen LogP contribution in [0.2, 0.25) is 0 Å². The molecule has 4 rings (SSSR count). The second kappa shape index (κ2) is 8.24. The first-order chi connectivity index (χ1) is 14.3. The van der Waals surface area contributed by atoms with Gasteiger partial charge in [0.05, 0.1) is 34.3 Å². The first-order valence-electron chi connectivity index (χ1n) is 10.2. The number of rotatable bonds is 4. The molecule has 2 aromatic heterocycles. The summed E-state index contributed by atoms with van der Waals surface area (Å²) in [6.07, 6.45) is 0. The van der Waals surface area contributed by atoms with Gasteiger partial charge in [-0.2, -0.15) is 5.10 Å². The van der Waals surface area contributed by atoms with E-state index < -0.39 is 0 Å². The number of benzene rings is 1. The van der Waals surface area contributed by atoms with Crippen LogP contribution in [0.4, 0.5) is 10.8 Å². The predicted octanol–water partition coefficient (Wildman–Crippen LogP) is 4.76. The van der Waals surface area contributed by atoms with Crippen molar-refractivity contribution in [3.63, 3.8) is 0 Å². The molecule has 1 N–H and O–H groups in total. The number of amides is 1. The number of nitrogens with zero attached hydrogens (tertiary/aromatic N) is 3. The fourth-order valence-electron chi connectivity index (χ4n) is 3.60. The van der Waals surface area contributed by atoms with E-state index in [1.807, 2.05) is 41.9 Å². The number of hydrogen-bond donors (Lipinski definition) is 1. The van der Waals surface area contributed by atoms with Crippen LogP contribution in [0, 0.1) is 6.92 Å². The quantitative estimate of drug-likeness (QED) is 0.656. The highest BCUT2D eigenvalue weighted by Crippen LogP contribution is 2.39. The third-order valence-electron chi connectivity index (χ3n) is 5.03. The number of carbonyl (C=O) groups is 1. The summed E-state index contributed by atoms with van der Waals surface area (Å²) < 4.78 is 7.39. The smallest absolute Gasteiger partial charge is 0.266 e. The van der Waals surface area contributed by atoms with Gasteiger partial charge in [-0.15, -0.1) is 11.3 Å². The molecule has 3 aromatic rings. The molecule has 1 aliphatic rings. The van der Waals surface area contributed by atoms with Crippen LogP contribution in [0.3, 0.4) is 0 Å². The van der Waals surface area contributed by atoms with Crippen molar-refractivity contribution in [2.24, 2.45) is 0 Å². The van der Waals surface area contributed by atoms with Crippen LogP contribution in [0.1, 0.15) is 36.1 Å². The number of anilines is 2. The molecular formula is C23H28N4O2S. The van der Waals surface area contributed by atoms with E-state index in [1.54, 1.807) is 0 Å². The summed E-state index contributed by atoms with van der Waals surface area (Å²) in [7, 11) is 0. The highest BCUT2D eigenvalue weighted by atomic mass is 32.1. The third kappa shape index (κ3) is 4.27. The molecule has 7 heteroatoms. The van der Waals surface area contributed by atoms with Gasteiger partial charge in [-0.3, -0.25) is 4.79 Å². The Morgan fingerprint density at radius 2 is 1.83 bits per heavy atom. The lowest BCUT2D eigenvalue weighted by molar-refractivity contribution is 0.102. The van der Waals surface area contributed by atoms with Crippen molar-refractivity contribution in [3.8, 4) is 11.1 Å². The van der Waals surface area contributed by atoms with Crippen LogP contribution in [0.25, 0.3) is 11.1 Å². The summed E-state index contributed by atoms with van der Waals surface area (Å²) in [6.45, 7) is 11.2. The van der Waals surface area contributed by atoms with Gasteiger partial charge in [0.15, 0.2) is 0 Å². The van der Waals surface area contributed by atoms with Gasteiger partial charge in [-0.25, -0.2) is 4.68 Å². The second-order valence-corrected chi connectivity index (χ2v) is 9.53. The molecule has 0 saturated carbocycles. The summed E-state index contributed by atoms with van der Waals surface area (Å²) in [6, 6.07) is 14.2. The first kappa shape index (κ1) is 20.6. The van der Waals surface area contributed by atoms with Gasteiger partial charge in [-0.05, 0) is 39.3 Å². The molecular weight excluding hydrogens is 396 g/mol. The Morgan fingerprint density at radius 3 is 2.50 bits per heavy atom. The molecule has 158 valence electrons. The third-order valence-corrected chi connectivity index (χ3v) is 6.22. The van der Waals surface area contributed by atoms with Crippen LogP contribution in [-0.2, 0) is 10.3 Å². The zero-order chi connectivity index (χ0) is 21.3. The summed E-state index contributed by atoms with van der Waals surface area (Å²) in [4.78, 5) is 16.2. The Labute approximate surface area is 181 Å². The Hall–Kier alpha value is -2.64. The zero-order valence-corrected chi connectivity index (χ0v) is 18.8. The average molecular weight is 425 g/mol. The number of nitrogens with one attached hydrogen (secondary N) is 1. The van der Waals surface area contributed by atoms with Gasteiger partial charge >= 0.3 is 0 Å². The van der Waals surface area contributed by atoms with E-state index in [2.05, 4.69) is 48.2 Å². The number of aromatic nitrogens is 2. The molecule has 0 bridgehead atoms. The normalized spacial score (nSPS) is 14.7. The van der Waals surface area contributed by atoms with Crippen LogP contribution in [-0.4, -0.2) is 42.0 Å². The molecule has 1 aromatic carbocycles. The number of hydrogen-bond acceptors (Lipinski definition) is 5. The minimum atomic E-state index is -0.222. The molecule has 0 spiro atoms. The van der Waals surface area contributed by atoms with E-state index in [0.717, 1.165) is 34.9 Å². The fraction of sp³-hybridized carbons (Fsp3) is 0.391. The van der Waals surface area contributed by atoms with Crippen molar-refractivity contribution in [1.29, 1.82) is 0 Å². The monoisotopic (exact) mass is 424 g/mol. The standard InChI is InChI=1S/C23H28N4O2S/c1-16-14-20(27(25-16)23(2,3)4)24-21(28)19-15-18(17-8-6-5-7-9-17)22(30-19)26-10-12-29-13-11-26/h5-9,14-15H,10-13H2,1-4H3,(H,24,28). The van der Waals surface area contributed by atoms with Gasteiger partial charge < -0.3 is 15.0 Å². The van der Waals surface area contributed by atoms with Crippen molar-refractivity contribution in [1.82, 2.24) is 9.78 Å². The number of carbonyl (C=O) groups excluding carboxylic acids is 1. The van der Waals surface area contributed by atoms with Crippen LogP contribution in [0.5, 0.6) is 0 Å². The van der Waals surface area contributed by atoms with Crippen molar-refractivity contribution < 1.29 is 9.53 Å². The van der Waals surface area contributed by atoms with Gasteiger partial charge in [0, 0.05) is 24.7 Å². The van der Waals surface area contributed by atoms with E-state index in [1.165, 1.54) is 11.3 Å². The van der Waals surface area contributed by atoms with Gasteiger partial charge in [0.1, 0.15) is 5.82 Å². The maximum atomic E-state index is 13.2. The Morgan fingerprint density at radius 1 is 1.13 bits per heavy atom. The molecule has 1 aliphatic heterocycles. The van der Waals surface area contributed by atoms with Crippen molar-refractivity contribution in [2.75, 3.05) is 36.5 Å².